The second-order valence-electron chi connectivity index (χ2n) is 7.29. The number of H-pyrrole nitrogens is 1. The van der Waals surface area contributed by atoms with Crippen molar-refractivity contribution in [3.8, 4) is 11.5 Å². The molecule has 2 aromatic carbocycles. The number of aromatic nitrogens is 2. The third-order valence-electron chi connectivity index (χ3n) is 5.35. The Morgan fingerprint density at radius 1 is 1.10 bits per heavy atom. The third kappa shape index (κ3) is 2.96. The lowest BCUT2D eigenvalue weighted by molar-refractivity contribution is 0.137. The van der Waals surface area contributed by atoms with Crippen LogP contribution < -0.4 is 14.4 Å². The van der Waals surface area contributed by atoms with Crippen LogP contribution in [-0.4, -0.2) is 54.4 Å². The first-order chi connectivity index (χ1) is 14.4. The van der Waals surface area contributed by atoms with Crippen LogP contribution in [0.15, 0.2) is 48.2 Å². The lowest BCUT2D eigenvalue weighted by Gasteiger charge is -2.36. The van der Waals surface area contributed by atoms with Gasteiger partial charge in [-0.05, 0) is 19.1 Å². The van der Waals surface area contributed by atoms with E-state index in [2.05, 4.69) is 9.97 Å². The van der Waals surface area contributed by atoms with Crippen LogP contribution in [-0.2, 0) is 4.74 Å². The monoisotopic (exact) mass is 408 g/mol. The Balaban J connectivity index is 1.88. The number of nitrogens with zero attached hydrogens (tertiary/aromatic N) is 2. The zero-order valence-electron chi connectivity index (χ0n) is 17.3. The predicted octanol–water partition coefficient (Wildman–Crippen LogP) is 3.75. The van der Waals surface area contributed by atoms with Gasteiger partial charge in [0.1, 0.15) is 34.5 Å². The van der Waals surface area contributed by atoms with Crippen LogP contribution in [0.5, 0.6) is 11.5 Å². The number of benzene rings is 2. The number of hydrogen-bond acceptors (Lipinski definition) is 6. The summed E-state index contributed by atoms with van der Waals surface area (Å²) >= 11 is 0. The Kier molecular flexibility index (Phi) is 4.87. The maximum Gasteiger partial charge on any atom is 0.145 e. The summed E-state index contributed by atoms with van der Waals surface area (Å²) in [4.78, 5) is 9.50. The minimum atomic E-state index is -1.02. The average molecular weight is 408 g/mol. The molecule has 0 radical (unpaired) electrons. The topological polar surface area (TPSA) is 104 Å². The van der Waals surface area contributed by atoms with Gasteiger partial charge in [-0.25, -0.2) is 4.98 Å². The molecule has 0 spiro atoms. The van der Waals surface area contributed by atoms with Gasteiger partial charge in [-0.3, -0.25) is 5.41 Å². The van der Waals surface area contributed by atoms with E-state index >= 15 is 0 Å². The number of fused-ring (bicyclic) bond motifs is 1. The van der Waals surface area contributed by atoms with E-state index in [-0.39, 0.29) is 18.2 Å². The molecular formula is C22H24N4O4. The summed E-state index contributed by atoms with van der Waals surface area (Å²) in [6.45, 7) is 1.98. The van der Waals surface area contributed by atoms with Crippen LogP contribution in [0.2, 0.25) is 0 Å². The van der Waals surface area contributed by atoms with Crippen molar-refractivity contribution in [3.63, 3.8) is 0 Å². The number of hydrogen-bond donors (Lipinski definition) is 3. The molecule has 1 atom stereocenters. The molecule has 0 aliphatic carbocycles. The van der Waals surface area contributed by atoms with Crippen molar-refractivity contribution in [2.24, 2.45) is 0 Å². The van der Waals surface area contributed by atoms with E-state index in [1.165, 1.54) is 0 Å². The van der Waals surface area contributed by atoms with Crippen LogP contribution in [0.3, 0.4) is 0 Å². The van der Waals surface area contributed by atoms with Gasteiger partial charge in [-0.15, -0.1) is 0 Å². The summed E-state index contributed by atoms with van der Waals surface area (Å²) in [6.07, 6.45) is 0. The molecule has 0 fully saturated rings. The molecule has 3 N–H and O–H groups in total. The minimum absolute atomic E-state index is 0.00944. The maximum atomic E-state index is 11.3. The van der Waals surface area contributed by atoms with Crippen molar-refractivity contribution in [2.75, 3.05) is 32.8 Å². The second kappa shape index (κ2) is 7.38. The zero-order chi connectivity index (χ0) is 21.5. The number of anilines is 1. The molecule has 8 heteroatoms. The molecule has 30 heavy (non-hydrogen) atoms. The first-order valence-electron chi connectivity index (χ1n) is 9.43. The fraction of sp³-hybridized carbons (Fsp3) is 0.273. The maximum absolute atomic E-state index is 11.3. The van der Waals surface area contributed by atoms with E-state index < -0.39 is 5.54 Å². The van der Waals surface area contributed by atoms with Gasteiger partial charge < -0.3 is 29.2 Å². The molecule has 1 unspecified atom stereocenters. The Bertz CT molecular complexity index is 1100. The number of aliphatic hydroxyl groups excluding tert-OH is 1. The molecular weight excluding hydrogens is 384 g/mol. The van der Waals surface area contributed by atoms with Crippen LogP contribution >= 0.6 is 0 Å². The molecule has 0 saturated heterocycles. The van der Waals surface area contributed by atoms with Crippen molar-refractivity contribution >= 4 is 28.1 Å². The summed E-state index contributed by atoms with van der Waals surface area (Å²) in [5, 5.41) is 20.2. The van der Waals surface area contributed by atoms with E-state index in [1.807, 2.05) is 31.2 Å². The number of para-hydroxylation sites is 2. The number of imidazole rings is 1. The van der Waals surface area contributed by atoms with Gasteiger partial charge in [-0.1, -0.05) is 12.1 Å². The van der Waals surface area contributed by atoms with Gasteiger partial charge in [0.05, 0.1) is 43.1 Å². The van der Waals surface area contributed by atoms with Crippen LogP contribution in [0.4, 0.5) is 5.69 Å². The molecule has 0 bridgehead atoms. The first kappa shape index (κ1) is 19.8. The third-order valence-corrected chi connectivity index (χ3v) is 5.35. The lowest BCUT2D eigenvalue weighted by atomic mass is 9.99. The number of methoxy groups -OCH3 is 3. The normalized spacial score (nSPS) is 19.1. The molecule has 3 aromatic rings. The van der Waals surface area contributed by atoms with Gasteiger partial charge >= 0.3 is 0 Å². The van der Waals surface area contributed by atoms with Crippen molar-refractivity contribution in [1.29, 1.82) is 5.41 Å². The Labute approximate surface area is 174 Å². The summed E-state index contributed by atoms with van der Waals surface area (Å²) < 4.78 is 16.2. The van der Waals surface area contributed by atoms with Crippen molar-refractivity contribution < 1.29 is 19.3 Å². The minimum Gasteiger partial charge on any atom is -0.509 e. The van der Waals surface area contributed by atoms with Gasteiger partial charge in [0, 0.05) is 25.3 Å². The SMILES string of the molecule is COCC1(C)C(O)=C(c2nc3ccccc3[nH]2)C(=N)N1c1cc(OC)cc(OC)c1. The molecule has 0 saturated carbocycles. The van der Waals surface area contributed by atoms with E-state index in [4.69, 9.17) is 19.6 Å². The zero-order valence-corrected chi connectivity index (χ0v) is 17.3. The molecule has 1 aliphatic heterocycles. The highest BCUT2D eigenvalue weighted by Gasteiger charge is 2.49. The van der Waals surface area contributed by atoms with E-state index in [0.717, 1.165) is 11.0 Å². The van der Waals surface area contributed by atoms with E-state index in [9.17, 15) is 5.11 Å². The van der Waals surface area contributed by atoms with Gasteiger partial charge in [0.15, 0.2) is 0 Å². The standard InChI is InChI=1S/C22H24N4O4/c1-22(12-28-2)19(27)18(21-24-16-7-5-6-8-17(16)25-21)20(23)26(22)13-9-14(29-3)11-15(10-13)30-4/h5-11,23,27H,12H2,1-4H3,(H,24,25). The van der Waals surface area contributed by atoms with E-state index in [1.54, 1.807) is 44.4 Å². The van der Waals surface area contributed by atoms with Crippen molar-refractivity contribution in [1.82, 2.24) is 9.97 Å². The summed E-state index contributed by atoms with van der Waals surface area (Å²) in [6, 6.07) is 12.9. The highest BCUT2D eigenvalue weighted by Crippen LogP contribution is 2.43. The van der Waals surface area contributed by atoms with Crippen LogP contribution in [0, 0.1) is 5.41 Å². The smallest absolute Gasteiger partial charge is 0.145 e. The molecule has 1 aliphatic rings. The average Bonchev–Trinajstić information content (AvgIpc) is 3.24. The molecule has 4 rings (SSSR count). The number of aliphatic hydroxyl groups is 1. The molecule has 8 nitrogen and oxygen atoms in total. The van der Waals surface area contributed by atoms with Crippen molar-refractivity contribution in [3.05, 3.63) is 54.0 Å². The Morgan fingerprint density at radius 2 is 1.77 bits per heavy atom. The number of nitrogens with one attached hydrogen (secondary N) is 2. The molecule has 0 amide bonds. The van der Waals surface area contributed by atoms with Gasteiger partial charge in [-0.2, -0.15) is 0 Å². The Hall–Kier alpha value is -3.52. The van der Waals surface area contributed by atoms with Crippen LogP contribution in [0.25, 0.3) is 16.6 Å². The fourth-order valence-electron chi connectivity index (χ4n) is 3.89. The largest absolute Gasteiger partial charge is 0.509 e. The second-order valence-corrected chi connectivity index (χ2v) is 7.29. The predicted molar refractivity (Wildman–Crippen MR) is 116 cm³/mol. The first-order valence-corrected chi connectivity index (χ1v) is 9.43. The number of aromatic amines is 1. The van der Waals surface area contributed by atoms with Crippen molar-refractivity contribution in [2.45, 2.75) is 12.5 Å². The highest BCUT2D eigenvalue weighted by atomic mass is 16.5. The highest BCUT2D eigenvalue weighted by molar-refractivity contribution is 6.31. The molecule has 156 valence electrons. The molecule has 1 aromatic heterocycles. The Morgan fingerprint density at radius 3 is 2.37 bits per heavy atom. The summed E-state index contributed by atoms with van der Waals surface area (Å²) in [5.74, 6) is 1.69. The number of amidine groups is 1. The van der Waals surface area contributed by atoms with Gasteiger partial charge in [0.25, 0.3) is 0 Å². The van der Waals surface area contributed by atoms with Crippen LogP contribution in [0.1, 0.15) is 12.7 Å². The fourth-order valence-corrected chi connectivity index (χ4v) is 3.89. The summed E-state index contributed by atoms with van der Waals surface area (Å²) in [5.41, 5.74) is 1.53. The van der Waals surface area contributed by atoms with Gasteiger partial charge in [0.2, 0.25) is 0 Å². The lowest BCUT2D eigenvalue weighted by Crippen LogP contribution is -2.49. The number of rotatable bonds is 6. The quantitative estimate of drug-likeness (QED) is 0.574. The molecule has 2 heterocycles. The number of ether oxygens (including phenoxy) is 3. The summed E-state index contributed by atoms with van der Waals surface area (Å²) in [7, 11) is 4.70. The van der Waals surface area contributed by atoms with E-state index in [0.29, 0.717) is 28.6 Å².